The van der Waals surface area contributed by atoms with Crippen molar-refractivity contribution in [2.45, 2.75) is 6.92 Å². The summed E-state index contributed by atoms with van der Waals surface area (Å²) in [7, 11) is 0. The van der Waals surface area contributed by atoms with Gasteiger partial charge in [-0.2, -0.15) is 5.26 Å². The monoisotopic (exact) mass is 275 g/mol. The zero-order valence-electron chi connectivity index (χ0n) is 11.5. The standard InChI is InChI=1S/C17H13N3O/c1-11-13-7-3-5-9-15(13)19-16(11)17(21)20-14-8-4-2-6-12(14)10-18/h2-9,19H,1H3,(H,20,21). The number of nitriles is 1. The highest BCUT2D eigenvalue weighted by molar-refractivity contribution is 6.08. The molecule has 0 fully saturated rings. The number of amides is 1. The fraction of sp³-hybridized carbons (Fsp3) is 0.0588. The summed E-state index contributed by atoms with van der Waals surface area (Å²) in [4.78, 5) is 15.5. The first-order valence-electron chi connectivity index (χ1n) is 6.58. The Morgan fingerprint density at radius 2 is 1.86 bits per heavy atom. The summed E-state index contributed by atoms with van der Waals surface area (Å²) < 4.78 is 0. The van der Waals surface area contributed by atoms with E-state index in [0.29, 0.717) is 16.9 Å². The Balaban J connectivity index is 1.98. The van der Waals surface area contributed by atoms with Crippen LogP contribution in [-0.2, 0) is 0 Å². The molecule has 0 aliphatic heterocycles. The van der Waals surface area contributed by atoms with Gasteiger partial charge in [-0.05, 0) is 30.7 Å². The van der Waals surface area contributed by atoms with E-state index in [1.54, 1.807) is 24.3 Å². The zero-order valence-corrected chi connectivity index (χ0v) is 11.5. The van der Waals surface area contributed by atoms with Crippen LogP contribution < -0.4 is 5.32 Å². The number of carbonyl (C=O) groups is 1. The number of aryl methyl sites for hydroxylation is 1. The van der Waals surface area contributed by atoms with Crippen LogP contribution >= 0.6 is 0 Å². The van der Waals surface area contributed by atoms with Gasteiger partial charge >= 0.3 is 0 Å². The minimum atomic E-state index is -0.244. The number of carbonyl (C=O) groups excluding carboxylic acids is 1. The van der Waals surface area contributed by atoms with Gasteiger partial charge in [0.05, 0.1) is 11.3 Å². The maximum Gasteiger partial charge on any atom is 0.272 e. The van der Waals surface area contributed by atoms with Gasteiger partial charge in [-0.1, -0.05) is 30.3 Å². The number of benzene rings is 2. The molecule has 0 bridgehead atoms. The first-order valence-corrected chi connectivity index (χ1v) is 6.58. The Bertz CT molecular complexity index is 871. The highest BCUT2D eigenvalue weighted by atomic mass is 16.1. The highest BCUT2D eigenvalue weighted by Crippen LogP contribution is 2.22. The van der Waals surface area contributed by atoms with Crippen LogP contribution in [0.5, 0.6) is 0 Å². The summed E-state index contributed by atoms with van der Waals surface area (Å²) in [5.74, 6) is -0.244. The third kappa shape index (κ3) is 2.26. The minimum Gasteiger partial charge on any atom is -0.350 e. The van der Waals surface area contributed by atoms with Gasteiger partial charge in [0.25, 0.3) is 5.91 Å². The number of nitrogens with one attached hydrogen (secondary N) is 2. The Hall–Kier alpha value is -3.06. The number of aromatic nitrogens is 1. The normalized spacial score (nSPS) is 10.3. The second-order valence-corrected chi connectivity index (χ2v) is 4.78. The van der Waals surface area contributed by atoms with Crippen molar-refractivity contribution in [1.82, 2.24) is 4.98 Å². The van der Waals surface area contributed by atoms with Crippen LogP contribution in [0.1, 0.15) is 21.6 Å². The molecule has 1 aromatic heterocycles. The first-order chi connectivity index (χ1) is 10.2. The van der Waals surface area contributed by atoms with E-state index in [2.05, 4.69) is 16.4 Å². The van der Waals surface area contributed by atoms with E-state index in [-0.39, 0.29) is 5.91 Å². The molecule has 0 unspecified atom stereocenters. The fourth-order valence-corrected chi connectivity index (χ4v) is 2.38. The molecule has 0 aliphatic rings. The van der Waals surface area contributed by atoms with Crippen molar-refractivity contribution < 1.29 is 4.79 Å². The molecule has 2 N–H and O–H groups in total. The predicted molar refractivity (Wildman–Crippen MR) is 82.1 cm³/mol. The number of para-hydroxylation sites is 2. The van der Waals surface area contributed by atoms with Crippen LogP contribution in [0, 0.1) is 18.3 Å². The molecule has 0 radical (unpaired) electrons. The van der Waals surface area contributed by atoms with Crippen LogP contribution in [0.2, 0.25) is 0 Å². The smallest absolute Gasteiger partial charge is 0.272 e. The Labute approximate surface area is 122 Å². The van der Waals surface area contributed by atoms with E-state index in [9.17, 15) is 4.79 Å². The summed E-state index contributed by atoms with van der Waals surface area (Å²) in [5, 5.41) is 12.9. The van der Waals surface area contributed by atoms with E-state index in [4.69, 9.17) is 5.26 Å². The number of aromatic amines is 1. The van der Waals surface area contributed by atoms with Crippen molar-refractivity contribution >= 4 is 22.5 Å². The van der Waals surface area contributed by atoms with E-state index in [0.717, 1.165) is 16.5 Å². The lowest BCUT2D eigenvalue weighted by atomic mass is 10.1. The molecule has 0 aliphatic carbocycles. The maximum atomic E-state index is 12.4. The minimum absolute atomic E-state index is 0.244. The van der Waals surface area contributed by atoms with Gasteiger partial charge in [-0.3, -0.25) is 4.79 Å². The van der Waals surface area contributed by atoms with Gasteiger partial charge in [0.1, 0.15) is 11.8 Å². The lowest BCUT2D eigenvalue weighted by Gasteiger charge is -2.06. The molecule has 0 spiro atoms. The molecule has 4 heteroatoms. The Morgan fingerprint density at radius 3 is 2.62 bits per heavy atom. The van der Waals surface area contributed by atoms with Crippen molar-refractivity contribution in [2.75, 3.05) is 5.32 Å². The van der Waals surface area contributed by atoms with Crippen molar-refractivity contribution in [3.63, 3.8) is 0 Å². The van der Waals surface area contributed by atoms with Crippen LogP contribution in [0.3, 0.4) is 0 Å². The fourth-order valence-electron chi connectivity index (χ4n) is 2.38. The van der Waals surface area contributed by atoms with Crippen LogP contribution in [-0.4, -0.2) is 10.9 Å². The number of nitrogens with zero attached hydrogens (tertiary/aromatic N) is 1. The van der Waals surface area contributed by atoms with Crippen LogP contribution in [0.25, 0.3) is 10.9 Å². The number of H-pyrrole nitrogens is 1. The molecule has 3 rings (SSSR count). The number of hydrogen-bond acceptors (Lipinski definition) is 2. The zero-order chi connectivity index (χ0) is 14.8. The summed E-state index contributed by atoms with van der Waals surface area (Å²) in [6, 6.07) is 16.8. The van der Waals surface area contributed by atoms with Gasteiger partial charge in [0.2, 0.25) is 0 Å². The number of fused-ring (bicyclic) bond motifs is 1. The lowest BCUT2D eigenvalue weighted by molar-refractivity contribution is 0.102. The molecular weight excluding hydrogens is 262 g/mol. The van der Waals surface area contributed by atoms with E-state index in [1.165, 1.54) is 0 Å². The molecule has 2 aromatic carbocycles. The largest absolute Gasteiger partial charge is 0.350 e. The Kier molecular flexibility index (Phi) is 3.17. The number of anilines is 1. The maximum absolute atomic E-state index is 12.4. The van der Waals surface area contributed by atoms with Gasteiger partial charge in [0.15, 0.2) is 0 Å². The summed E-state index contributed by atoms with van der Waals surface area (Å²) >= 11 is 0. The van der Waals surface area contributed by atoms with E-state index < -0.39 is 0 Å². The molecule has 0 saturated carbocycles. The summed E-state index contributed by atoms with van der Waals surface area (Å²) in [6.45, 7) is 1.91. The van der Waals surface area contributed by atoms with Crippen LogP contribution in [0.4, 0.5) is 5.69 Å². The van der Waals surface area contributed by atoms with Crippen molar-refractivity contribution in [3.8, 4) is 6.07 Å². The SMILES string of the molecule is Cc1c(C(=O)Nc2ccccc2C#N)[nH]c2ccccc12. The molecule has 1 heterocycles. The second-order valence-electron chi connectivity index (χ2n) is 4.78. The van der Waals surface area contributed by atoms with Crippen LogP contribution in [0.15, 0.2) is 48.5 Å². The van der Waals surface area contributed by atoms with Gasteiger partial charge in [-0.15, -0.1) is 0 Å². The van der Waals surface area contributed by atoms with Crippen molar-refractivity contribution in [1.29, 1.82) is 5.26 Å². The molecule has 3 aromatic rings. The topological polar surface area (TPSA) is 68.7 Å². The third-order valence-corrected chi connectivity index (χ3v) is 3.49. The lowest BCUT2D eigenvalue weighted by Crippen LogP contribution is -2.14. The van der Waals surface area contributed by atoms with E-state index in [1.807, 2.05) is 31.2 Å². The Morgan fingerprint density at radius 1 is 1.14 bits per heavy atom. The molecule has 0 atom stereocenters. The molecular formula is C17H13N3O. The average molecular weight is 275 g/mol. The highest BCUT2D eigenvalue weighted by Gasteiger charge is 2.15. The molecule has 21 heavy (non-hydrogen) atoms. The molecule has 102 valence electrons. The van der Waals surface area contributed by atoms with E-state index >= 15 is 0 Å². The van der Waals surface area contributed by atoms with Crippen molar-refractivity contribution in [2.24, 2.45) is 0 Å². The van der Waals surface area contributed by atoms with Gasteiger partial charge in [0, 0.05) is 10.9 Å². The average Bonchev–Trinajstić information content (AvgIpc) is 2.85. The van der Waals surface area contributed by atoms with Crippen molar-refractivity contribution in [3.05, 3.63) is 65.4 Å². The summed E-state index contributed by atoms with van der Waals surface area (Å²) in [6.07, 6.45) is 0. The first kappa shape index (κ1) is 12.9. The molecule has 4 nitrogen and oxygen atoms in total. The third-order valence-electron chi connectivity index (χ3n) is 3.49. The predicted octanol–water partition coefficient (Wildman–Crippen LogP) is 3.60. The summed E-state index contributed by atoms with van der Waals surface area (Å²) in [5.41, 5.74) is 3.30. The second kappa shape index (κ2) is 5.14. The quantitative estimate of drug-likeness (QED) is 0.750. The molecule has 1 amide bonds. The molecule has 0 saturated heterocycles. The number of rotatable bonds is 2. The van der Waals surface area contributed by atoms with Gasteiger partial charge < -0.3 is 10.3 Å². The number of hydrogen-bond donors (Lipinski definition) is 2. The van der Waals surface area contributed by atoms with Gasteiger partial charge in [-0.25, -0.2) is 0 Å².